The first-order valence-corrected chi connectivity index (χ1v) is 7.80. The molecular formula is C18H16BrN3O. The van der Waals surface area contributed by atoms with Crippen molar-refractivity contribution in [2.75, 3.05) is 10.6 Å². The van der Waals surface area contributed by atoms with Gasteiger partial charge in [0.25, 0.3) is 5.91 Å². The monoisotopic (exact) mass is 369 g/mol. The Balaban J connectivity index is 2.12. The molecule has 0 saturated heterocycles. The SMILES string of the molecule is Cc1cccc(NC(=O)/C(C#N)=C\Nc2ccc(C)cc2Br)c1. The first-order chi connectivity index (χ1) is 11.0. The lowest BCUT2D eigenvalue weighted by atomic mass is 10.2. The first-order valence-electron chi connectivity index (χ1n) is 7.00. The second kappa shape index (κ2) is 7.61. The molecule has 2 aromatic rings. The summed E-state index contributed by atoms with van der Waals surface area (Å²) in [6.07, 6.45) is 1.40. The van der Waals surface area contributed by atoms with Gasteiger partial charge in [-0.1, -0.05) is 18.2 Å². The van der Waals surface area contributed by atoms with E-state index in [2.05, 4.69) is 26.6 Å². The maximum absolute atomic E-state index is 12.2. The molecule has 1 amide bonds. The Morgan fingerprint density at radius 2 is 1.91 bits per heavy atom. The zero-order valence-corrected chi connectivity index (χ0v) is 14.4. The van der Waals surface area contributed by atoms with Crippen LogP contribution in [-0.2, 0) is 4.79 Å². The van der Waals surface area contributed by atoms with Crippen LogP contribution in [0.3, 0.4) is 0 Å². The van der Waals surface area contributed by atoms with Crippen LogP contribution >= 0.6 is 15.9 Å². The van der Waals surface area contributed by atoms with Crippen molar-refractivity contribution in [1.29, 1.82) is 5.26 Å². The molecule has 0 aromatic heterocycles. The van der Waals surface area contributed by atoms with Crippen LogP contribution in [0.15, 0.2) is 58.7 Å². The van der Waals surface area contributed by atoms with E-state index in [4.69, 9.17) is 0 Å². The predicted octanol–water partition coefficient (Wildman–Crippen LogP) is 4.52. The van der Waals surface area contributed by atoms with Gasteiger partial charge in [0.15, 0.2) is 0 Å². The van der Waals surface area contributed by atoms with E-state index in [1.54, 1.807) is 6.07 Å². The Labute approximate surface area is 144 Å². The van der Waals surface area contributed by atoms with Crippen molar-refractivity contribution < 1.29 is 4.79 Å². The fourth-order valence-electron chi connectivity index (χ4n) is 1.96. The third kappa shape index (κ3) is 4.70. The lowest BCUT2D eigenvalue weighted by Gasteiger charge is -2.07. The van der Waals surface area contributed by atoms with Crippen LogP contribution in [0.2, 0.25) is 0 Å². The van der Waals surface area contributed by atoms with Crippen LogP contribution in [0.25, 0.3) is 0 Å². The number of benzene rings is 2. The molecule has 0 aliphatic rings. The van der Waals surface area contributed by atoms with Crippen LogP contribution in [0, 0.1) is 25.2 Å². The van der Waals surface area contributed by atoms with Crippen molar-refractivity contribution in [2.24, 2.45) is 0 Å². The second-order valence-electron chi connectivity index (χ2n) is 5.12. The highest BCUT2D eigenvalue weighted by Crippen LogP contribution is 2.23. The van der Waals surface area contributed by atoms with Gasteiger partial charge in [0.2, 0.25) is 0 Å². The minimum Gasteiger partial charge on any atom is -0.359 e. The minimum atomic E-state index is -0.450. The zero-order chi connectivity index (χ0) is 16.8. The van der Waals surface area contributed by atoms with Crippen molar-refractivity contribution in [3.8, 4) is 6.07 Å². The number of halogens is 1. The van der Waals surface area contributed by atoms with E-state index in [-0.39, 0.29) is 5.57 Å². The Bertz CT molecular complexity index is 806. The highest BCUT2D eigenvalue weighted by molar-refractivity contribution is 9.10. The summed E-state index contributed by atoms with van der Waals surface area (Å²) >= 11 is 3.44. The number of nitriles is 1. The van der Waals surface area contributed by atoms with Crippen LogP contribution in [0.1, 0.15) is 11.1 Å². The zero-order valence-electron chi connectivity index (χ0n) is 12.9. The van der Waals surface area contributed by atoms with Crippen molar-refractivity contribution in [3.05, 3.63) is 69.8 Å². The molecule has 2 rings (SSSR count). The molecule has 2 aromatic carbocycles. The summed E-state index contributed by atoms with van der Waals surface area (Å²) in [5.74, 6) is -0.450. The van der Waals surface area contributed by atoms with Gasteiger partial charge in [-0.25, -0.2) is 0 Å². The lowest BCUT2D eigenvalue weighted by molar-refractivity contribution is -0.112. The number of carbonyl (C=O) groups excluding carboxylic acids is 1. The number of hydrogen-bond donors (Lipinski definition) is 2. The number of carbonyl (C=O) groups is 1. The van der Waals surface area contributed by atoms with Crippen molar-refractivity contribution in [1.82, 2.24) is 0 Å². The standard InChI is InChI=1S/C18H16BrN3O/c1-12-4-3-5-15(8-12)22-18(23)14(10-20)11-21-17-7-6-13(2)9-16(17)19/h3-9,11,21H,1-2H3,(H,22,23)/b14-11-. The van der Waals surface area contributed by atoms with Gasteiger partial charge in [0.05, 0.1) is 5.69 Å². The smallest absolute Gasteiger partial charge is 0.267 e. The highest BCUT2D eigenvalue weighted by Gasteiger charge is 2.09. The van der Waals surface area contributed by atoms with E-state index in [0.717, 1.165) is 21.3 Å². The molecule has 0 aliphatic heterocycles. The summed E-state index contributed by atoms with van der Waals surface area (Å²) in [7, 11) is 0. The largest absolute Gasteiger partial charge is 0.359 e. The van der Waals surface area contributed by atoms with Crippen LogP contribution in [0.5, 0.6) is 0 Å². The molecule has 0 atom stereocenters. The molecule has 4 nitrogen and oxygen atoms in total. The number of rotatable bonds is 4. The van der Waals surface area contributed by atoms with Gasteiger partial charge in [0, 0.05) is 16.4 Å². The fourth-order valence-corrected chi connectivity index (χ4v) is 2.56. The molecule has 0 unspecified atom stereocenters. The molecule has 0 radical (unpaired) electrons. The summed E-state index contributed by atoms with van der Waals surface area (Å²) in [5, 5.41) is 14.9. The van der Waals surface area contributed by atoms with Gasteiger partial charge in [-0.2, -0.15) is 5.26 Å². The van der Waals surface area contributed by atoms with Gasteiger partial charge in [-0.15, -0.1) is 0 Å². The maximum Gasteiger partial charge on any atom is 0.267 e. The Morgan fingerprint density at radius 1 is 1.17 bits per heavy atom. The first kappa shape index (κ1) is 16.8. The summed E-state index contributed by atoms with van der Waals surface area (Å²) in [6, 6.07) is 15.1. The van der Waals surface area contributed by atoms with Crippen LogP contribution in [0.4, 0.5) is 11.4 Å². The van der Waals surface area contributed by atoms with E-state index in [1.165, 1.54) is 6.20 Å². The van der Waals surface area contributed by atoms with Crippen molar-refractivity contribution >= 4 is 33.2 Å². The molecule has 23 heavy (non-hydrogen) atoms. The molecule has 0 spiro atoms. The average Bonchev–Trinajstić information content (AvgIpc) is 2.49. The normalized spacial score (nSPS) is 10.8. The predicted molar refractivity (Wildman–Crippen MR) is 96.0 cm³/mol. The van der Waals surface area contributed by atoms with Gasteiger partial charge < -0.3 is 10.6 Å². The molecule has 0 saturated carbocycles. The summed E-state index contributed by atoms with van der Waals surface area (Å²) in [6.45, 7) is 3.92. The van der Waals surface area contributed by atoms with E-state index in [0.29, 0.717) is 5.69 Å². The molecule has 0 heterocycles. The molecule has 116 valence electrons. The minimum absolute atomic E-state index is 0.000943. The molecule has 0 bridgehead atoms. The highest BCUT2D eigenvalue weighted by atomic mass is 79.9. The summed E-state index contributed by atoms with van der Waals surface area (Å²) in [4.78, 5) is 12.2. The van der Waals surface area contributed by atoms with Gasteiger partial charge in [0.1, 0.15) is 11.6 Å². The molecule has 0 aliphatic carbocycles. The number of aryl methyl sites for hydroxylation is 2. The number of anilines is 2. The number of hydrogen-bond acceptors (Lipinski definition) is 3. The van der Waals surface area contributed by atoms with Crippen LogP contribution in [-0.4, -0.2) is 5.91 Å². The third-order valence-electron chi connectivity index (χ3n) is 3.14. The molecule has 0 fully saturated rings. The number of nitrogens with one attached hydrogen (secondary N) is 2. The van der Waals surface area contributed by atoms with Crippen molar-refractivity contribution in [2.45, 2.75) is 13.8 Å². The van der Waals surface area contributed by atoms with E-state index in [9.17, 15) is 10.1 Å². The van der Waals surface area contributed by atoms with Crippen LogP contribution < -0.4 is 10.6 Å². The topological polar surface area (TPSA) is 64.9 Å². The van der Waals surface area contributed by atoms with E-state index in [1.807, 2.05) is 56.3 Å². The van der Waals surface area contributed by atoms with Crippen molar-refractivity contribution in [3.63, 3.8) is 0 Å². The quantitative estimate of drug-likeness (QED) is 0.614. The average molecular weight is 370 g/mol. The second-order valence-corrected chi connectivity index (χ2v) is 5.98. The third-order valence-corrected chi connectivity index (χ3v) is 3.79. The number of amides is 1. The van der Waals surface area contributed by atoms with E-state index >= 15 is 0 Å². The van der Waals surface area contributed by atoms with Gasteiger partial charge in [-0.3, -0.25) is 4.79 Å². The Morgan fingerprint density at radius 3 is 2.57 bits per heavy atom. The Hall–Kier alpha value is -2.58. The Kier molecular flexibility index (Phi) is 5.56. The van der Waals surface area contributed by atoms with Gasteiger partial charge in [-0.05, 0) is 65.2 Å². The maximum atomic E-state index is 12.2. The fraction of sp³-hybridized carbons (Fsp3) is 0.111. The van der Waals surface area contributed by atoms with Gasteiger partial charge >= 0.3 is 0 Å². The summed E-state index contributed by atoms with van der Waals surface area (Å²) < 4.78 is 0.866. The number of nitrogens with zero attached hydrogens (tertiary/aromatic N) is 1. The lowest BCUT2D eigenvalue weighted by Crippen LogP contribution is -2.14. The molecule has 5 heteroatoms. The molecule has 2 N–H and O–H groups in total. The molecular weight excluding hydrogens is 354 g/mol. The summed E-state index contributed by atoms with van der Waals surface area (Å²) in [5.41, 5.74) is 3.59. The van der Waals surface area contributed by atoms with E-state index < -0.39 is 5.91 Å².